The molecule has 0 radical (unpaired) electrons. The summed E-state index contributed by atoms with van der Waals surface area (Å²) < 4.78 is 110. The van der Waals surface area contributed by atoms with Crippen molar-refractivity contribution in [3.8, 4) is 5.75 Å². The molecular weight excluding hydrogens is 663 g/mol. The predicted octanol–water partition coefficient (Wildman–Crippen LogP) is 3.93. The van der Waals surface area contributed by atoms with Crippen LogP contribution in [0.5, 0.6) is 5.75 Å². The van der Waals surface area contributed by atoms with Gasteiger partial charge in [0.2, 0.25) is 0 Å². The number of rotatable bonds is 13. The van der Waals surface area contributed by atoms with Crippen LogP contribution in [-0.4, -0.2) is 62.9 Å². The van der Waals surface area contributed by atoms with E-state index in [2.05, 4.69) is 29.8 Å². The number of aryl methyl sites for hydroxylation is 1. The van der Waals surface area contributed by atoms with E-state index in [1.165, 1.54) is 6.07 Å². The number of anilines is 1. The minimum Gasteiger partial charge on any atom is -0.505 e. The van der Waals surface area contributed by atoms with Crippen LogP contribution in [0.15, 0.2) is 65.5 Å². The molecule has 23 heteroatoms. The number of fused-ring (bicyclic) bond motifs is 1. The zero-order valence-corrected chi connectivity index (χ0v) is 24.7. The Balaban J connectivity index is 2.17. The molecule has 7 N–H and O–H groups in total. The summed E-state index contributed by atoms with van der Waals surface area (Å²) in [5, 5.41) is 35.2. The largest absolute Gasteiger partial charge is 0.505 e. The van der Waals surface area contributed by atoms with Gasteiger partial charge in [0.05, 0.1) is 17.7 Å². The fourth-order valence-corrected chi connectivity index (χ4v) is 5.98. The van der Waals surface area contributed by atoms with Gasteiger partial charge in [0.1, 0.15) is 31.7 Å². The van der Waals surface area contributed by atoms with Gasteiger partial charge in [-0.3, -0.25) is 17.8 Å². The number of aromatic hydroxyl groups is 1. The molecule has 0 atom stereocenters. The zero-order chi connectivity index (χ0) is 32.2. The quantitative estimate of drug-likeness (QED) is 0.0283. The Labute approximate surface area is 247 Å². The maximum Gasteiger partial charge on any atom is 0.296 e. The molecule has 0 saturated carbocycles. The van der Waals surface area contributed by atoms with Crippen LogP contribution in [0.2, 0.25) is 0 Å². The lowest BCUT2D eigenvalue weighted by Gasteiger charge is -2.14. The summed E-state index contributed by atoms with van der Waals surface area (Å²) in [5.74, 6) is -1.06. The number of nitrogens with zero attached hydrogens (tertiary/aromatic N) is 4. The average molecular weight is 684 g/mol. The standard InChI is InChI=1S/C20H21N5O14S4/c1-22-25-19-16(43(34,35)36)8-11-14(41(28,29)30)9-13(18(21)17(11)20(19)26)24-23-12-5-4-10(7-15(12)42(31,32)33)3-2-6-37-40-39-38-27/h4-5,7-9,26-27H,2-3,6,21H2,1H3,(H,28,29,30)(H,31,32,33)(H,34,35,36). The second-order valence-corrected chi connectivity index (χ2v) is 12.8. The van der Waals surface area contributed by atoms with Gasteiger partial charge in [0.25, 0.3) is 30.4 Å². The molecule has 19 nitrogen and oxygen atoms in total. The van der Waals surface area contributed by atoms with Gasteiger partial charge in [-0.2, -0.15) is 35.5 Å². The van der Waals surface area contributed by atoms with Gasteiger partial charge in [-0.15, -0.1) is 14.6 Å². The van der Waals surface area contributed by atoms with Crippen molar-refractivity contribution in [2.45, 2.75) is 27.5 Å². The number of phenols is 1. The van der Waals surface area contributed by atoms with E-state index >= 15 is 0 Å². The average Bonchev–Trinajstić information content (AvgIpc) is 2.90. The SMILES string of the molecule is CN=Nc1c(S(=O)(=O)O)cc2c(S(=O)(=O)O)cc(N=Nc3ccc(CCCOSOOO)cc3S(=O)(=O)O)c(N)c2c1O. The van der Waals surface area contributed by atoms with E-state index in [-0.39, 0.29) is 13.0 Å². The highest BCUT2D eigenvalue weighted by Crippen LogP contribution is 2.48. The summed E-state index contributed by atoms with van der Waals surface area (Å²) >= 11 is 0.350. The first-order chi connectivity index (χ1) is 20.0. The van der Waals surface area contributed by atoms with Gasteiger partial charge in [0, 0.05) is 12.4 Å². The van der Waals surface area contributed by atoms with Gasteiger partial charge >= 0.3 is 0 Å². The minimum absolute atomic E-state index is 0.0912. The van der Waals surface area contributed by atoms with Crippen LogP contribution < -0.4 is 5.73 Å². The summed E-state index contributed by atoms with van der Waals surface area (Å²) in [6.07, 6.45) is 0.583. The number of benzene rings is 3. The number of nitrogen functional groups attached to an aromatic ring is 1. The molecule has 0 amide bonds. The third kappa shape index (κ3) is 8.18. The van der Waals surface area contributed by atoms with Crippen LogP contribution in [0, 0.1) is 0 Å². The molecule has 0 saturated heterocycles. The highest BCUT2D eigenvalue weighted by molar-refractivity contribution is 7.89. The Hall–Kier alpha value is -3.36. The molecule has 43 heavy (non-hydrogen) atoms. The van der Waals surface area contributed by atoms with E-state index in [1.807, 2.05) is 0 Å². The highest BCUT2D eigenvalue weighted by Gasteiger charge is 2.28. The second kappa shape index (κ2) is 13.5. The molecule has 0 heterocycles. The van der Waals surface area contributed by atoms with Crippen molar-refractivity contribution in [3.05, 3.63) is 35.9 Å². The van der Waals surface area contributed by atoms with E-state index in [0.29, 0.717) is 36.4 Å². The third-order valence-corrected chi connectivity index (χ3v) is 8.46. The van der Waals surface area contributed by atoms with Crippen molar-refractivity contribution < 1.29 is 62.8 Å². The van der Waals surface area contributed by atoms with Crippen molar-refractivity contribution in [3.63, 3.8) is 0 Å². The fourth-order valence-electron chi connectivity index (χ4n) is 3.71. The molecule has 0 fully saturated rings. The highest BCUT2D eigenvalue weighted by atomic mass is 32.2. The Morgan fingerprint density at radius 1 is 0.860 bits per heavy atom. The maximum absolute atomic E-state index is 12.2. The Morgan fingerprint density at radius 2 is 1.49 bits per heavy atom. The van der Waals surface area contributed by atoms with E-state index in [9.17, 15) is 44.0 Å². The first-order valence-electron chi connectivity index (χ1n) is 11.2. The van der Waals surface area contributed by atoms with Crippen LogP contribution in [0.4, 0.5) is 22.7 Å². The monoisotopic (exact) mass is 683 g/mol. The molecule has 0 bridgehead atoms. The van der Waals surface area contributed by atoms with E-state index in [1.54, 1.807) is 0 Å². The number of hydrogen-bond acceptors (Lipinski definition) is 17. The lowest BCUT2D eigenvalue weighted by molar-refractivity contribution is -0.434. The Bertz CT molecular complexity index is 1930. The van der Waals surface area contributed by atoms with Gasteiger partial charge in [0.15, 0.2) is 18.1 Å². The summed E-state index contributed by atoms with van der Waals surface area (Å²) in [7, 11) is -14.1. The molecule has 0 aliphatic rings. The van der Waals surface area contributed by atoms with Gasteiger partial charge in [-0.25, -0.2) is 5.26 Å². The predicted molar refractivity (Wildman–Crippen MR) is 147 cm³/mol. The normalized spacial score (nSPS) is 13.0. The van der Waals surface area contributed by atoms with Crippen molar-refractivity contribution in [2.75, 3.05) is 19.4 Å². The lowest BCUT2D eigenvalue weighted by atomic mass is 10.0. The van der Waals surface area contributed by atoms with E-state index in [0.717, 1.165) is 19.2 Å². The first kappa shape index (κ1) is 34.1. The lowest BCUT2D eigenvalue weighted by Crippen LogP contribution is -2.04. The molecule has 0 spiro atoms. The molecule has 3 aromatic carbocycles. The van der Waals surface area contributed by atoms with Crippen molar-refractivity contribution in [1.82, 2.24) is 0 Å². The number of phenolic OH excluding ortho intramolecular Hbond substituents is 1. The molecule has 0 unspecified atom stereocenters. The van der Waals surface area contributed by atoms with Gasteiger partial charge < -0.3 is 10.8 Å². The summed E-state index contributed by atoms with van der Waals surface area (Å²) in [6, 6.07) is 4.91. The summed E-state index contributed by atoms with van der Waals surface area (Å²) in [6.45, 7) is 0.0912. The molecule has 0 aromatic heterocycles. The fraction of sp³-hybridized carbons (Fsp3) is 0.200. The third-order valence-electron chi connectivity index (χ3n) is 5.44. The molecule has 0 aliphatic heterocycles. The van der Waals surface area contributed by atoms with Crippen LogP contribution >= 0.6 is 12.3 Å². The Morgan fingerprint density at radius 3 is 2.07 bits per heavy atom. The molecule has 3 rings (SSSR count). The van der Waals surface area contributed by atoms with Crippen LogP contribution in [-0.2, 0) is 50.3 Å². The number of azo groups is 2. The second-order valence-electron chi connectivity index (χ2n) is 8.17. The first-order valence-corrected chi connectivity index (χ1v) is 16.1. The topological polar surface area (TPSA) is 307 Å². The van der Waals surface area contributed by atoms with Gasteiger partial charge in [-0.1, -0.05) is 11.1 Å². The number of nitrogens with two attached hydrogens (primary N) is 1. The van der Waals surface area contributed by atoms with Crippen molar-refractivity contribution in [1.29, 1.82) is 0 Å². The van der Waals surface area contributed by atoms with E-state index in [4.69, 9.17) is 15.2 Å². The van der Waals surface area contributed by atoms with Crippen molar-refractivity contribution in [2.24, 2.45) is 20.5 Å². The van der Waals surface area contributed by atoms with Crippen molar-refractivity contribution >= 4 is 76.2 Å². The number of hydrogen-bond donors (Lipinski definition) is 6. The van der Waals surface area contributed by atoms with Crippen LogP contribution in [0.25, 0.3) is 10.8 Å². The summed E-state index contributed by atoms with van der Waals surface area (Å²) in [5.41, 5.74) is 4.17. The van der Waals surface area contributed by atoms with Crippen LogP contribution in [0.1, 0.15) is 12.0 Å². The molecule has 234 valence electrons. The zero-order valence-electron chi connectivity index (χ0n) is 21.4. The molecule has 0 aliphatic carbocycles. The van der Waals surface area contributed by atoms with Gasteiger partial charge in [-0.05, 0) is 42.7 Å². The smallest absolute Gasteiger partial charge is 0.296 e. The van der Waals surface area contributed by atoms with E-state index < -0.39 is 84.3 Å². The maximum atomic E-state index is 12.2. The summed E-state index contributed by atoms with van der Waals surface area (Å²) in [4.78, 5) is -2.77. The minimum atomic E-state index is -5.18. The Kier molecular flexibility index (Phi) is 10.7. The molecular formula is C20H21N5O14S4. The molecule has 3 aromatic rings. The van der Waals surface area contributed by atoms with Crippen LogP contribution in [0.3, 0.4) is 0 Å².